The van der Waals surface area contributed by atoms with Crippen molar-refractivity contribution in [2.24, 2.45) is 0 Å². The maximum Gasteiger partial charge on any atom is 0.267 e. The van der Waals surface area contributed by atoms with E-state index in [0.29, 0.717) is 31.4 Å². The highest BCUT2D eigenvalue weighted by Gasteiger charge is 2.19. The monoisotopic (exact) mass is 385 g/mol. The van der Waals surface area contributed by atoms with E-state index >= 15 is 0 Å². The number of thiophene rings is 1. The zero-order chi connectivity index (χ0) is 16.6. The quantitative estimate of drug-likeness (QED) is 0.588. The molecule has 0 saturated heterocycles. The summed E-state index contributed by atoms with van der Waals surface area (Å²) in [5.74, 6) is 0.323. The van der Waals surface area contributed by atoms with Crippen LogP contribution in [0.25, 0.3) is 10.1 Å². The molecule has 3 nitrogen and oxygen atoms in total. The second-order valence-corrected chi connectivity index (χ2v) is 6.90. The normalized spacial score (nSPS) is 10.8. The van der Waals surface area contributed by atoms with Crippen LogP contribution in [-0.2, 0) is 0 Å². The zero-order valence-electron chi connectivity index (χ0n) is 11.8. The number of benzene rings is 2. The molecule has 0 radical (unpaired) electrons. The Morgan fingerprint density at radius 2 is 1.83 bits per heavy atom. The summed E-state index contributed by atoms with van der Waals surface area (Å²) in [5.41, 5.74) is 0.368. The Labute approximate surface area is 151 Å². The summed E-state index contributed by atoms with van der Waals surface area (Å²) < 4.78 is 6.08. The van der Waals surface area contributed by atoms with E-state index in [4.69, 9.17) is 39.5 Å². The van der Waals surface area contributed by atoms with E-state index in [1.807, 2.05) is 12.1 Å². The molecule has 23 heavy (non-hydrogen) atoms. The number of hydrogen-bond donors (Lipinski definition) is 1. The highest BCUT2D eigenvalue weighted by molar-refractivity contribution is 7.21. The van der Waals surface area contributed by atoms with Crippen LogP contribution in [0, 0.1) is 0 Å². The van der Waals surface area contributed by atoms with E-state index in [0.717, 1.165) is 10.1 Å². The predicted octanol–water partition coefficient (Wildman–Crippen LogP) is 6.12. The summed E-state index contributed by atoms with van der Waals surface area (Å²) >= 11 is 19.8. The van der Waals surface area contributed by atoms with E-state index in [9.17, 15) is 4.79 Å². The van der Waals surface area contributed by atoms with Gasteiger partial charge in [0.25, 0.3) is 5.91 Å². The Hall–Kier alpha value is -1.46. The van der Waals surface area contributed by atoms with Gasteiger partial charge in [-0.2, -0.15) is 0 Å². The van der Waals surface area contributed by atoms with Crippen LogP contribution in [0.5, 0.6) is 5.75 Å². The van der Waals surface area contributed by atoms with Crippen LogP contribution >= 0.6 is 46.1 Å². The number of amides is 1. The second-order valence-electron chi connectivity index (χ2n) is 4.66. The standard InChI is InChI=1S/C16H10Cl3NO2S/c1-22-8-5-6-12-9(7-8)13(19)15(23-12)16(21)20-14-10(17)3-2-4-11(14)18/h2-7H,1H3,(H,20,21). The van der Waals surface area contributed by atoms with Gasteiger partial charge in [-0.25, -0.2) is 0 Å². The summed E-state index contributed by atoms with van der Waals surface area (Å²) in [6.07, 6.45) is 0. The summed E-state index contributed by atoms with van der Waals surface area (Å²) in [7, 11) is 1.58. The average Bonchev–Trinajstić information content (AvgIpc) is 2.87. The number of halogens is 3. The van der Waals surface area contributed by atoms with Crippen LogP contribution in [0.1, 0.15) is 9.67 Å². The first-order chi connectivity index (χ1) is 11.0. The molecule has 3 aromatic rings. The molecule has 0 unspecified atom stereocenters. The van der Waals surface area contributed by atoms with Crippen molar-refractivity contribution in [1.82, 2.24) is 0 Å². The lowest BCUT2D eigenvalue weighted by atomic mass is 10.2. The topological polar surface area (TPSA) is 38.3 Å². The van der Waals surface area contributed by atoms with Crippen molar-refractivity contribution >= 4 is 67.8 Å². The molecular weight excluding hydrogens is 377 g/mol. The van der Waals surface area contributed by atoms with Crippen molar-refractivity contribution in [1.29, 1.82) is 0 Å². The molecule has 1 heterocycles. The average molecular weight is 387 g/mol. The highest BCUT2D eigenvalue weighted by Crippen LogP contribution is 2.38. The van der Waals surface area contributed by atoms with Crippen molar-refractivity contribution in [2.75, 3.05) is 12.4 Å². The number of carbonyl (C=O) groups is 1. The van der Waals surface area contributed by atoms with Crippen molar-refractivity contribution in [3.8, 4) is 5.75 Å². The van der Waals surface area contributed by atoms with E-state index in [2.05, 4.69) is 5.32 Å². The third kappa shape index (κ3) is 3.12. The Morgan fingerprint density at radius 1 is 1.13 bits per heavy atom. The van der Waals surface area contributed by atoms with Crippen LogP contribution in [0.15, 0.2) is 36.4 Å². The smallest absolute Gasteiger partial charge is 0.267 e. The first kappa shape index (κ1) is 16.4. The molecule has 0 aliphatic carbocycles. The molecular formula is C16H10Cl3NO2S. The van der Waals surface area contributed by atoms with Crippen LogP contribution in [0.2, 0.25) is 15.1 Å². The number of carbonyl (C=O) groups excluding carboxylic acids is 1. The summed E-state index contributed by atoms with van der Waals surface area (Å²) in [6.45, 7) is 0. The van der Waals surface area contributed by atoms with Gasteiger partial charge in [0.2, 0.25) is 0 Å². The fourth-order valence-electron chi connectivity index (χ4n) is 2.11. The number of nitrogens with one attached hydrogen (secondary N) is 1. The zero-order valence-corrected chi connectivity index (χ0v) is 14.9. The molecule has 0 spiro atoms. The summed E-state index contributed by atoms with van der Waals surface area (Å²) in [6, 6.07) is 10.5. The maximum absolute atomic E-state index is 12.5. The highest BCUT2D eigenvalue weighted by atomic mass is 35.5. The van der Waals surface area contributed by atoms with Crippen LogP contribution in [0.4, 0.5) is 5.69 Å². The molecule has 2 aromatic carbocycles. The van der Waals surface area contributed by atoms with Gasteiger partial charge in [0.15, 0.2) is 0 Å². The summed E-state index contributed by atoms with van der Waals surface area (Å²) in [4.78, 5) is 12.9. The number of para-hydroxylation sites is 1. The van der Waals surface area contributed by atoms with Gasteiger partial charge >= 0.3 is 0 Å². The van der Waals surface area contributed by atoms with Gasteiger partial charge in [-0.1, -0.05) is 40.9 Å². The number of fused-ring (bicyclic) bond motifs is 1. The number of methoxy groups -OCH3 is 1. The second kappa shape index (κ2) is 6.57. The van der Waals surface area contributed by atoms with Crippen LogP contribution < -0.4 is 10.1 Å². The van der Waals surface area contributed by atoms with E-state index in [1.165, 1.54) is 11.3 Å². The molecule has 0 fully saturated rings. The molecule has 0 atom stereocenters. The van der Waals surface area contributed by atoms with Gasteiger partial charge in [0.05, 0.1) is 27.9 Å². The van der Waals surface area contributed by atoms with E-state index in [1.54, 1.807) is 31.4 Å². The van der Waals surface area contributed by atoms with E-state index in [-0.39, 0.29) is 5.91 Å². The van der Waals surface area contributed by atoms with Gasteiger partial charge in [0.1, 0.15) is 10.6 Å². The number of hydrogen-bond acceptors (Lipinski definition) is 3. The Kier molecular flexibility index (Phi) is 4.69. The van der Waals surface area contributed by atoms with E-state index < -0.39 is 0 Å². The minimum absolute atomic E-state index is 0.356. The molecule has 1 aromatic heterocycles. The molecule has 118 valence electrons. The lowest BCUT2D eigenvalue weighted by Gasteiger charge is -2.08. The molecule has 0 saturated carbocycles. The van der Waals surface area contributed by atoms with Crippen molar-refractivity contribution < 1.29 is 9.53 Å². The molecule has 1 N–H and O–H groups in total. The van der Waals surface area contributed by atoms with Crippen molar-refractivity contribution in [3.05, 3.63) is 56.3 Å². The molecule has 3 rings (SSSR count). The van der Waals surface area contributed by atoms with Crippen molar-refractivity contribution in [2.45, 2.75) is 0 Å². The minimum Gasteiger partial charge on any atom is -0.497 e. The van der Waals surface area contributed by atoms with Gasteiger partial charge in [-0.05, 0) is 30.3 Å². The third-order valence-corrected chi connectivity index (χ3v) is 5.55. The molecule has 0 bridgehead atoms. The first-order valence-electron chi connectivity index (χ1n) is 6.52. The van der Waals surface area contributed by atoms with Gasteiger partial charge in [-0.3, -0.25) is 4.79 Å². The third-order valence-electron chi connectivity index (χ3n) is 3.24. The fourth-order valence-corrected chi connectivity index (χ4v) is 3.98. The van der Waals surface area contributed by atoms with Crippen LogP contribution in [-0.4, -0.2) is 13.0 Å². The first-order valence-corrected chi connectivity index (χ1v) is 8.47. The largest absolute Gasteiger partial charge is 0.497 e. The number of ether oxygens (including phenoxy) is 1. The number of rotatable bonds is 3. The molecule has 0 aliphatic heterocycles. The molecule has 7 heteroatoms. The summed E-state index contributed by atoms with van der Waals surface area (Å²) in [5, 5.41) is 4.60. The van der Waals surface area contributed by atoms with Gasteiger partial charge in [-0.15, -0.1) is 11.3 Å². The van der Waals surface area contributed by atoms with Crippen LogP contribution in [0.3, 0.4) is 0 Å². The number of anilines is 1. The maximum atomic E-state index is 12.5. The minimum atomic E-state index is -0.356. The SMILES string of the molecule is COc1ccc2sc(C(=O)Nc3c(Cl)cccc3Cl)c(Cl)c2c1. The Morgan fingerprint density at radius 3 is 2.48 bits per heavy atom. The van der Waals surface area contributed by atoms with Gasteiger partial charge < -0.3 is 10.1 Å². The predicted molar refractivity (Wildman–Crippen MR) is 97.8 cm³/mol. The van der Waals surface area contributed by atoms with Crippen molar-refractivity contribution in [3.63, 3.8) is 0 Å². The molecule has 0 aliphatic rings. The Balaban J connectivity index is 2.00. The molecule has 1 amide bonds. The lowest BCUT2D eigenvalue weighted by molar-refractivity contribution is 0.103. The fraction of sp³-hybridized carbons (Fsp3) is 0.0625. The van der Waals surface area contributed by atoms with Gasteiger partial charge in [0, 0.05) is 10.1 Å². The Bertz CT molecular complexity index is 887. The lowest BCUT2D eigenvalue weighted by Crippen LogP contribution is -2.11.